The molecule has 0 radical (unpaired) electrons. The minimum atomic E-state index is -0.723. The third-order valence-corrected chi connectivity index (χ3v) is 4.88. The minimum absolute atomic E-state index is 0.240. The van der Waals surface area contributed by atoms with Crippen molar-refractivity contribution in [3.05, 3.63) is 24.3 Å². The maximum atomic E-state index is 10.5. The highest BCUT2D eigenvalue weighted by molar-refractivity contribution is 5.66. The molecular weight excluding hydrogens is 304 g/mol. The number of hydrogen-bond donors (Lipinski definition) is 3. The molecule has 4 nitrogen and oxygen atoms in total. The quantitative estimate of drug-likeness (QED) is 0.370. The van der Waals surface area contributed by atoms with Gasteiger partial charge in [0.2, 0.25) is 0 Å². The average molecular weight is 338 g/mol. The van der Waals surface area contributed by atoms with Crippen LogP contribution in [-0.4, -0.2) is 33.5 Å². The Balaban J connectivity index is 2.30. The van der Waals surface area contributed by atoms with Crippen LogP contribution in [0.25, 0.3) is 0 Å². The summed E-state index contributed by atoms with van der Waals surface area (Å²) >= 11 is 0. The van der Waals surface area contributed by atoms with Crippen LogP contribution in [0, 0.1) is 11.8 Å². The van der Waals surface area contributed by atoms with Gasteiger partial charge in [-0.1, -0.05) is 50.5 Å². The molecule has 0 bridgehead atoms. The molecule has 4 heteroatoms. The second kappa shape index (κ2) is 12.3. The lowest BCUT2D eigenvalue weighted by atomic mass is 9.88. The van der Waals surface area contributed by atoms with Crippen LogP contribution in [0.3, 0.4) is 0 Å². The molecule has 3 N–H and O–H groups in total. The van der Waals surface area contributed by atoms with Crippen molar-refractivity contribution in [2.45, 2.75) is 83.3 Å². The Bertz CT molecular complexity index is 402. The van der Waals surface area contributed by atoms with Gasteiger partial charge in [0.25, 0.3) is 0 Å². The summed E-state index contributed by atoms with van der Waals surface area (Å²) in [5.74, 6) is -0.0957. The number of carboxylic acids is 1. The van der Waals surface area contributed by atoms with Crippen molar-refractivity contribution in [3.63, 3.8) is 0 Å². The smallest absolute Gasteiger partial charge is 0.303 e. The van der Waals surface area contributed by atoms with Gasteiger partial charge in [-0.3, -0.25) is 4.79 Å². The normalized spacial score (nSPS) is 25.7. The van der Waals surface area contributed by atoms with Gasteiger partial charge in [0.05, 0.1) is 12.2 Å². The molecule has 0 aromatic heterocycles. The third kappa shape index (κ3) is 8.65. The van der Waals surface area contributed by atoms with Crippen molar-refractivity contribution in [1.82, 2.24) is 0 Å². The Morgan fingerprint density at radius 1 is 1.17 bits per heavy atom. The number of carbonyl (C=O) groups is 1. The van der Waals surface area contributed by atoms with E-state index in [0.29, 0.717) is 12.3 Å². The fraction of sp³-hybridized carbons (Fsp3) is 0.750. The van der Waals surface area contributed by atoms with Crippen molar-refractivity contribution in [1.29, 1.82) is 0 Å². The van der Waals surface area contributed by atoms with Gasteiger partial charge in [0.1, 0.15) is 0 Å². The first kappa shape index (κ1) is 20.9. The van der Waals surface area contributed by atoms with Gasteiger partial charge in [0, 0.05) is 6.42 Å². The molecular formula is C20H34O4. The minimum Gasteiger partial charge on any atom is -0.481 e. The Morgan fingerprint density at radius 3 is 2.62 bits per heavy atom. The number of aliphatic carboxylic acids is 1. The molecule has 0 heterocycles. The number of hydrogen-bond acceptors (Lipinski definition) is 3. The first-order chi connectivity index (χ1) is 11.5. The summed E-state index contributed by atoms with van der Waals surface area (Å²) in [6.07, 6.45) is 15.8. The lowest BCUT2D eigenvalue weighted by molar-refractivity contribution is -0.137. The Morgan fingerprint density at radius 2 is 1.92 bits per heavy atom. The predicted octanol–water partition coefficient (Wildman–Crippen LogP) is 4.07. The Labute approximate surface area is 146 Å². The predicted molar refractivity (Wildman–Crippen MR) is 96.8 cm³/mol. The molecule has 4 atom stereocenters. The zero-order chi connectivity index (χ0) is 17.8. The van der Waals surface area contributed by atoms with Gasteiger partial charge < -0.3 is 15.3 Å². The van der Waals surface area contributed by atoms with Gasteiger partial charge in [0.15, 0.2) is 0 Å². The van der Waals surface area contributed by atoms with E-state index in [-0.39, 0.29) is 18.4 Å². The van der Waals surface area contributed by atoms with Crippen LogP contribution >= 0.6 is 0 Å². The molecule has 1 aliphatic rings. The van der Waals surface area contributed by atoms with Crippen LogP contribution in [0.5, 0.6) is 0 Å². The second-order valence-corrected chi connectivity index (χ2v) is 6.89. The van der Waals surface area contributed by atoms with Crippen LogP contribution in [0.2, 0.25) is 0 Å². The van der Waals surface area contributed by atoms with E-state index in [0.717, 1.165) is 51.4 Å². The van der Waals surface area contributed by atoms with Crippen molar-refractivity contribution >= 4 is 5.97 Å². The summed E-state index contributed by atoms with van der Waals surface area (Å²) < 4.78 is 0. The number of aliphatic hydroxyl groups excluding tert-OH is 2. The number of rotatable bonds is 12. The Kier molecular flexibility index (Phi) is 10.7. The van der Waals surface area contributed by atoms with E-state index in [1.807, 2.05) is 12.2 Å². The van der Waals surface area contributed by atoms with Gasteiger partial charge >= 0.3 is 5.97 Å². The molecule has 1 unspecified atom stereocenters. The van der Waals surface area contributed by atoms with Crippen LogP contribution in [0.4, 0.5) is 0 Å². The lowest BCUT2D eigenvalue weighted by Crippen LogP contribution is -2.18. The molecule has 1 aliphatic carbocycles. The molecule has 1 rings (SSSR count). The van der Waals surface area contributed by atoms with Crippen molar-refractivity contribution < 1.29 is 20.1 Å². The third-order valence-electron chi connectivity index (χ3n) is 4.88. The summed E-state index contributed by atoms with van der Waals surface area (Å²) in [5.41, 5.74) is 0. The van der Waals surface area contributed by atoms with Crippen LogP contribution in [-0.2, 0) is 4.79 Å². The fourth-order valence-electron chi connectivity index (χ4n) is 3.48. The maximum absolute atomic E-state index is 10.5. The summed E-state index contributed by atoms with van der Waals surface area (Å²) in [7, 11) is 0. The van der Waals surface area contributed by atoms with Crippen molar-refractivity contribution in [2.75, 3.05) is 0 Å². The number of carboxylic acid groups (broad SMARTS) is 1. The average Bonchev–Trinajstić information content (AvgIpc) is 2.89. The summed E-state index contributed by atoms with van der Waals surface area (Å²) in [5, 5.41) is 28.8. The van der Waals surface area contributed by atoms with E-state index in [1.165, 1.54) is 0 Å². The zero-order valence-electron chi connectivity index (χ0n) is 14.9. The summed E-state index contributed by atoms with van der Waals surface area (Å²) in [6, 6.07) is 0. The molecule has 138 valence electrons. The summed E-state index contributed by atoms with van der Waals surface area (Å²) in [4.78, 5) is 10.5. The highest BCUT2D eigenvalue weighted by Gasteiger charge is 2.32. The molecule has 0 spiro atoms. The first-order valence-corrected chi connectivity index (χ1v) is 9.45. The van der Waals surface area contributed by atoms with E-state index in [9.17, 15) is 15.0 Å². The van der Waals surface area contributed by atoms with Crippen LogP contribution in [0.1, 0.15) is 71.1 Å². The number of aliphatic hydroxyl groups is 2. The fourth-order valence-corrected chi connectivity index (χ4v) is 3.48. The van der Waals surface area contributed by atoms with E-state index in [4.69, 9.17) is 5.11 Å². The Hall–Kier alpha value is -1.13. The molecule has 0 amide bonds. The van der Waals surface area contributed by atoms with E-state index < -0.39 is 12.1 Å². The first-order valence-electron chi connectivity index (χ1n) is 9.45. The second-order valence-electron chi connectivity index (χ2n) is 6.89. The SMILES string of the molecule is CCC=CCC(O)C=C[C@H]1CC[C@H](O)[C@@H]1CCCCCCC(=O)O. The van der Waals surface area contributed by atoms with Gasteiger partial charge in [-0.15, -0.1) is 0 Å². The highest BCUT2D eigenvalue weighted by atomic mass is 16.4. The molecule has 0 aromatic carbocycles. The molecule has 1 fully saturated rings. The van der Waals surface area contributed by atoms with Gasteiger partial charge in [-0.2, -0.15) is 0 Å². The molecule has 0 saturated heterocycles. The molecule has 1 saturated carbocycles. The van der Waals surface area contributed by atoms with Gasteiger partial charge in [-0.05, 0) is 50.4 Å². The molecule has 0 aromatic rings. The molecule has 0 aliphatic heterocycles. The molecule has 24 heavy (non-hydrogen) atoms. The van der Waals surface area contributed by atoms with Crippen molar-refractivity contribution in [2.24, 2.45) is 11.8 Å². The van der Waals surface area contributed by atoms with Crippen LogP contribution < -0.4 is 0 Å². The summed E-state index contributed by atoms with van der Waals surface area (Å²) in [6.45, 7) is 2.07. The van der Waals surface area contributed by atoms with E-state index in [1.54, 1.807) is 0 Å². The number of unbranched alkanes of at least 4 members (excludes halogenated alkanes) is 3. The highest BCUT2D eigenvalue weighted by Crippen LogP contribution is 2.36. The van der Waals surface area contributed by atoms with Crippen LogP contribution in [0.15, 0.2) is 24.3 Å². The maximum Gasteiger partial charge on any atom is 0.303 e. The monoisotopic (exact) mass is 338 g/mol. The zero-order valence-corrected chi connectivity index (χ0v) is 14.9. The van der Waals surface area contributed by atoms with Gasteiger partial charge in [-0.25, -0.2) is 0 Å². The van der Waals surface area contributed by atoms with E-state index >= 15 is 0 Å². The van der Waals surface area contributed by atoms with E-state index in [2.05, 4.69) is 19.1 Å². The topological polar surface area (TPSA) is 77.8 Å². The lowest BCUT2D eigenvalue weighted by Gasteiger charge is -2.20. The van der Waals surface area contributed by atoms with Crippen molar-refractivity contribution in [3.8, 4) is 0 Å². The number of allylic oxidation sites excluding steroid dienone is 2. The largest absolute Gasteiger partial charge is 0.481 e. The standard InChI is InChI=1S/C20H34O4/c1-2-3-6-9-17(21)14-12-16-13-15-19(22)18(16)10-7-4-5-8-11-20(23)24/h3,6,12,14,16-19,21-22H,2,4-5,7-11,13,15H2,1H3,(H,23,24)/t16-,17?,18+,19-/m0/s1.